The van der Waals surface area contributed by atoms with Crippen molar-refractivity contribution in [1.29, 1.82) is 0 Å². The van der Waals surface area contributed by atoms with Crippen molar-refractivity contribution < 1.29 is 24.2 Å². The Hall–Kier alpha value is -1.50. The molecule has 0 aromatic carbocycles. The van der Waals surface area contributed by atoms with Gasteiger partial charge < -0.3 is 24.4 Å². The number of amides is 2. The summed E-state index contributed by atoms with van der Waals surface area (Å²) in [5.41, 5.74) is -0.820. The average molecular weight is 429 g/mol. The van der Waals surface area contributed by atoms with E-state index in [1.54, 1.807) is 4.90 Å². The van der Waals surface area contributed by atoms with Crippen LogP contribution in [0.5, 0.6) is 0 Å². The molecule has 7 heteroatoms. The van der Waals surface area contributed by atoms with Gasteiger partial charge in [-0.05, 0) is 79.1 Å². The predicted molar refractivity (Wildman–Crippen MR) is 118 cm³/mol. The van der Waals surface area contributed by atoms with E-state index >= 15 is 0 Å². The van der Waals surface area contributed by atoms with E-state index in [4.69, 9.17) is 14.6 Å². The highest BCUT2D eigenvalue weighted by molar-refractivity contribution is 5.68. The van der Waals surface area contributed by atoms with E-state index in [-0.39, 0.29) is 30.3 Å². The Bertz CT molecular complexity index is 491. The average Bonchev–Trinajstić information content (AvgIpc) is 2.66. The smallest absolute Gasteiger partial charge is 0.410 e. The van der Waals surface area contributed by atoms with Crippen LogP contribution in [0.25, 0.3) is 0 Å². The largest absolute Gasteiger partial charge is 0.444 e. The van der Waals surface area contributed by atoms with E-state index in [9.17, 15) is 9.59 Å². The number of hydrogen-bond acceptors (Lipinski definition) is 5. The number of aliphatic hydroxyl groups excluding tert-OH is 1. The second-order valence-corrected chi connectivity index (χ2v) is 10.5. The second-order valence-electron chi connectivity index (χ2n) is 10.5. The van der Waals surface area contributed by atoms with E-state index in [0.717, 1.165) is 45.3 Å². The van der Waals surface area contributed by atoms with Gasteiger partial charge in [-0.1, -0.05) is 13.3 Å². The fraction of sp³-hybridized carbons (Fsp3) is 0.913. The Balaban J connectivity index is 0.000000300. The first-order valence-electron chi connectivity index (χ1n) is 11.4. The van der Waals surface area contributed by atoms with Gasteiger partial charge in [0.15, 0.2) is 0 Å². The van der Waals surface area contributed by atoms with E-state index < -0.39 is 5.60 Å². The number of aliphatic hydroxyl groups is 1. The van der Waals surface area contributed by atoms with Crippen LogP contribution in [0.3, 0.4) is 0 Å². The van der Waals surface area contributed by atoms with E-state index in [1.807, 2.05) is 46.4 Å². The number of rotatable bonds is 2. The molecule has 2 heterocycles. The van der Waals surface area contributed by atoms with Gasteiger partial charge in [0.1, 0.15) is 11.2 Å². The minimum Gasteiger partial charge on any atom is -0.444 e. The molecule has 2 fully saturated rings. The molecule has 2 aliphatic rings. The molecule has 2 atom stereocenters. The van der Waals surface area contributed by atoms with Crippen LogP contribution in [-0.2, 0) is 9.47 Å². The normalized spacial score (nSPS) is 22.7. The number of hydrogen-bond donors (Lipinski definition) is 1. The fourth-order valence-corrected chi connectivity index (χ4v) is 3.60. The molecular formula is C23H44N2O5. The SMILES string of the molecule is CC(C)(C)OC(=O)N1CCCC(CO)C1.CCC1CCCN(C(=O)OC(C)(C)C)C1. The minimum atomic E-state index is -0.441. The number of likely N-dealkylation sites (tertiary alicyclic amines) is 2. The summed E-state index contributed by atoms with van der Waals surface area (Å²) in [6, 6.07) is 0. The third-order valence-electron chi connectivity index (χ3n) is 5.18. The molecule has 2 aliphatic heterocycles. The summed E-state index contributed by atoms with van der Waals surface area (Å²) in [6.07, 6.45) is 5.04. The van der Waals surface area contributed by atoms with Crippen molar-refractivity contribution in [3.63, 3.8) is 0 Å². The first kappa shape index (κ1) is 26.5. The summed E-state index contributed by atoms with van der Waals surface area (Å²) in [4.78, 5) is 27.0. The Kier molecular flexibility index (Phi) is 10.4. The van der Waals surface area contributed by atoms with Gasteiger partial charge in [0.05, 0.1) is 0 Å². The molecule has 0 aromatic heterocycles. The molecule has 0 saturated carbocycles. The van der Waals surface area contributed by atoms with Crippen molar-refractivity contribution in [2.24, 2.45) is 11.8 Å². The third kappa shape index (κ3) is 10.5. The summed E-state index contributed by atoms with van der Waals surface area (Å²) in [7, 11) is 0. The van der Waals surface area contributed by atoms with Crippen LogP contribution >= 0.6 is 0 Å². The Morgan fingerprint density at radius 3 is 1.60 bits per heavy atom. The number of ether oxygens (including phenoxy) is 2. The molecule has 176 valence electrons. The number of carbonyl (C=O) groups is 2. The van der Waals surface area contributed by atoms with Crippen molar-refractivity contribution in [2.45, 2.75) is 91.8 Å². The molecular weight excluding hydrogens is 384 g/mol. The summed E-state index contributed by atoms with van der Waals surface area (Å²) in [6.45, 7) is 16.7. The van der Waals surface area contributed by atoms with Crippen molar-refractivity contribution >= 4 is 12.2 Å². The lowest BCUT2D eigenvalue weighted by Crippen LogP contribution is -2.43. The lowest BCUT2D eigenvalue weighted by Gasteiger charge is -2.33. The standard InChI is InChI=1S/C12H23NO2.C11H21NO3/c1-5-10-7-6-8-13(9-10)11(14)15-12(2,3)4;1-11(2,3)15-10(14)12-6-4-5-9(7-12)8-13/h10H,5-9H2,1-4H3;9,13H,4-8H2,1-3H3. The molecule has 0 aliphatic carbocycles. The number of carbonyl (C=O) groups excluding carboxylic acids is 2. The lowest BCUT2D eigenvalue weighted by atomic mass is 9.96. The monoisotopic (exact) mass is 428 g/mol. The van der Waals surface area contributed by atoms with Crippen molar-refractivity contribution in [1.82, 2.24) is 9.80 Å². The zero-order chi connectivity index (χ0) is 22.9. The summed E-state index contributed by atoms with van der Waals surface area (Å²) in [5.74, 6) is 0.873. The van der Waals surface area contributed by atoms with Crippen molar-refractivity contribution in [3.8, 4) is 0 Å². The molecule has 0 spiro atoms. The van der Waals surface area contributed by atoms with Crippen LogP contribution < -0.4 is 0 Å². The Morgan fingerprint density at radius 2 is 1.23 bits per heavy atom. The van der Waals surface area contributed by atoms with Crippen LogP contribution in [0, 0.1) is 11.8 Å². The highest BCUT2D eigenvalue weighted by Gasteiger charge is 2.28. The predicted octanol–water partition coefficient (Wildman–Crippen LogP) is 4.67. The number of piperidine rings is 2. The van der Waals surface area contributed by atoms with E-state index in [2.05, 4.69) is 6.92 Å². The molecule has 1 N–H and O–H groups in total. The fourth-order valence-electron chi connectivity index (χ4n) is 3.60. The quantitative estimate of drug-likeness (QED) is 0.691. The zero-order valence-electron chi connectivity index (χ0n) is 20.2. The van der Waals surface area contributed by atoms with E-state index in [0.29, 0.717) is 12.5 Å². The second kappa shape index (κ2) is 11.8. The highest BCUT2D eigenvalue weighted by Crippen LogP contribution is 2.21. The van der Waals surface area contributed by atoms with Gasteiger partial charge in [0, 0.05) is 32.8 Å². The molecule has 0 bridgehead atoms. The Labute approximate surface area is 183 Å². The van der Waals surface area contributed by atoms with Gasteiger partial charge in [-0.15, -0.1) is 0 Å². The molecule has 30 heavy (non-hydrogen) atoms. The molecule has 2 unspecified atom stereocenters. The van der Waals surface area contributed by atoms with Gasteiger partial charge in [-0.3, -0.25) is 0 Å². The summed E-state index contributed by atoms with van der Waals surface area (Å²) in [5, 5.41) is 9.04. The number of nitrogens with zero attached hydrogens (tertiary/aromatic N) is 2. The van der Waals surface area contributed by atoms with Gasteiger partial charge in [0.25, 0.3) is 0 Å². The Morgan fingerprint density at radius 1 is 0.833 bits per heavy atom. The van der Waals surface area contributed by atoms with Crippen LogP contribution in [-0.4, -0.2) is 71.1 Å². The summed E-state index contributed by atoms with van der Waals surface area (Å²) < 4.78 is 10.6. The molecule has 7 nitrogen and oxygen atoms in total. The van der Waals surface area contributed by atoms with Gasteiger partial charge in [-0.2, -0.15) is 0 Å². The first-order chi connectivity index (χ1) is 13.8. The van der Waals surface area contributed by atoms with Crippen molar-refractivity contribution in [3.05, 3.63) is 0 Å². The molecule has 2 rings (SSSR count). The maximum Gasteiger partial charge on any atom is 0.410 e. The molecule has 2 amide bonds. The van der Waals surface area contributed by atoms with Gasteiger partial charge >= 0.3 is 12.2 Å². The minimum absolute atomic E-state index is 0.152. The topological polar surface area (TPSA) is 79.3 Å². The van der Waals surface area contributed by atoms with Crippen LogP contribution in [0.1, 0.15) is 80.6 Å². The molecule has 0 radical (unpaired) electrons. The van der Waals surface area contributed by atoms with Crippen LogP contribution in [0.4, 0.5) is 9.59 Å². The van der Waals surface area contributed by atoms with E-state index in [1.165, 1.54) is 6.42 Å². The molecule has 0 aromatic rings. The zero-order valence-corrected chi connectivity index (χ0v) is 20.2. The first-order valence-corrected chi connectivity index (χ1v) is 11.4. The van der Waals surface area contributed by atoms with Crippen LogP contribution in [0.15, 0.2) is 0 Å². The molecule has 2 saturated heterocycles. The maximum absolute atomic E-state index is 11.8. The van der Waals surface area contributed by atoms with Gasteiger partial charge in [-0.25, -0.2) is 9.59 Å². The third-order valence-corrected chi connectivity index (χ3v) is 5.18. The van der Waals surface area contributed by atoms with Gasteiger partial charge in [0.2, 0.25) is 0 Å². The maximum atomic E-state index is 11.8. The van der Waals surface area contributed by atoms with Crippen LogP contribution in [0.2, 0.25) is 0 Å². The lowest BCUT2D eigenvalue weighted by molar-refractivity contribution is 0.0129. The van der Waals surface area contributed by atoms with Crippen molar-refractivity contribution in [2.75, 3.05) is 32.8 Å². The summed E-state index contributed by atoms with van der Waals surface area (Å²) >= 11 is 0. The highest BCUT2D eigenvalue weighted by atomic mass is 16.6.